The van der Waals surface area contributed by atoms with E-state index in [0.717, 1.165) is 17.4 Å². The lowest BCUT2D eigenvalue weighted by molar-refractivity contribution is 0.570. The molecule has 2 aromatic rings. The molecule has 0 amide bonds. The molecule has 0 bridgehead atoms. The van der Waals surface area contributed by atoms with Crippen LogP contribution in [0.4, 0.5) is 15.2 Å². The van der Waals surface area contributed by atoms with Crippen molar-refractivity contribution in [2.45, 2.75) is 18.2 Å². The van der Waals surface area contributed by atoms with Gasteiger partial charge in [-0.1, -0.05) is 6.92 Å². The number of halogens is 1. The molecule has 8 heteroatoms. The van der Waals surface area contributed by atoms with Gasteiger partial charge in [0.2, 0.25) is 0 Å². The minimum Gasteiger partial charge on any atom is -0.398 e. The van der Waals surface area contributed by atoms with Gasteiger partial charge in [0.05, 0.1) is 0 Å². The maximum Gasteiger partial charge on any atom is 0.266 e. The maximum atomic E-state index is 13.8. The van der Waals surface area contributed by atoms with Gasteiger partial charge in [-0.3, -0.25) is 4.72 Å². The molecule has 0 saturated carbocycles. The summed E-state index contributed by atoms with van der Waals surface area (Å²) in [5, 5.41) is 1.81. The molecule has 0 aliphatic heterocycles. The van der Waals surface area contributed by atoms with Gasteiger partial charge in [-0.25, -0.2) is 17.8 Å². The Balaban J connectivity index is 2.45. The van der Waals surface area contributed by atoms with Crippen LogP contribution in [0.5, 0.6) is 0 Å². The van der Waals surface area contributed by atoms with E-state index >= 15 is 0 Å². The van der Waals surface area contributed by atoms with E-state index in [-0.39, 0.29) is 10.8 Å². The minimum atomic E-state index is -4.00. The summed E-state index contributed by atoms with van der Waals surface area (Å²) in [6.07, 6.45) is 1.98. The molecule has 0 spiro atoms. The highest BCUT2D eigenvalue weighted by atomic mass is 32.2. The van der Waals surface area contributed by atoms with Gasteiger partial charge in [-0.2, -0.15) is 0 Å². The monoisotopic (exact) mass is 301 g/mol. The third kappa shape index (κ3) is 2.85. The van der Waals surface area contributed by atoms with Gasteiger partial charge in [0.1, 0.15) is 10.7 Å². The Hall–Kier alpha value is -1.67. The fraction of sp³-hybridized carbons (Fsp3) is 0.182. The van der Waals surface area contributed by atoms with Crippen LogP contribution in [0, 0.1) is 5.82 Å². The van der Waals surface area contributed by atoms with E-state index in [1.54, 1.807) is 5.38 Å². The van der Waals surface area contributed by atoms with Crippen LogP contribution in [-0.2, 0) is 16.4 Å². The predicted molar refractivity (Wildman–Crippen MR) is 73.1 cm³/mol. The van der Waals surface area contributed by atoms with Crippen molar-refractivity contribution >= 4 is 32.2 Å². The molecule has 0 aliphatic carbocycles. The number of nitrogens with two attached hydrogens (primary N) is 1. The highest BCUT2D eigenvalue weighted by Crippen LogP contribution is 2.25. The maximum absolute atomic E-state index is 13.8. The summed E-state index contributed by atoms with van der Waals surface area (Å²) in [6.45, 7) is 1.81. The molecule has 1 heterocycles. The zero-order chi connectivity index (χ0) is 14.0. The molecule has 5 nitrogen and oxygen atoms in total. The first-order valence-corrected chi connectivity index (χ1v) is 7.80. The Morgan fingerprint density at radius 1 is 1.47 bits per heavy atom. The number of aryl methyl sites for hydroxylation is 1. The minimum absolute atomic E-state index is 0.189. The number of nitrogen functional groups attached to an aromatic ring is 1. The van der Waals surface area contributed by atoms with Gasteiger partial charge < -0.3 is 5.73 Å². The van der Waals surface area contributed by atoms with Crippen molar-refractivity contribution in [3.05, 3.63) is 35.1 Å². The number of aromatic nitrogens is 1. The summed E-state index contributed by atoms with van der Waals surface area (Å²) in [6, 6.07) is 2.27. The number of thiazole rings is 1. The first-order valence-electron chi connectivity index (χ1n) is 5.44. The highest BCUT2D eigenvalue weighted by molar-refractivity contribution is 7.93. The van der Waals surface area contributed by atoms with Crippen molar-refractivity contribution in [3.8, 4) is 0 Å². The van der Waals surface area contributed by atoms with Crippen molar-refractivity contribution in [1.29, 1.82) is 0 Å². The van der Waals surface area contributed by atoms with E-state index in [9.17, 15) is 12.8 Å². The molecule has 102 valence electrons. The van der Waals surface area contributed by atoms with E-state index in [1.807, 2.05) is 6.92 Å². The molecular weight excluding hydrogens is 289 g/mol. The summed E-state index contributed by atoms with van der Waals surface area (Å²) < 4.78 is 40.1. The summed E-state index contributed by atoms with van der Waals surface area (Å²) in [4.78, 5) is 3.38. The molecule has 3 N–H and O–H groups in total. The second-order valence-electron chi connectivity index (χ2n) is 3.78. The Morgan fingerprint density at radius 2 is 2.21 bits per heavy atom. The van der Waals surface area contributed by atoms with Crippen LogP contribution in [0.2, 0.25) is 0 Å². The standard InChI is InChI=1S/C11H12FN3O2S2/c1-2-7-5-10(8(12)6-9(7)13)19(16,17)15-11-14-3-4-18-11/h3-6H,2,13H2,1H3,(H,14,15). The molecule has 2 rings (SSSR count). The van der Waals surface area contributed by atoms with Crippen LogP contribution in [0.1, 0.15) is 12.5 Å². The Bertz CT molecular complexity index is 684. The molecular formula is C11H12FN3O2S2. The number of sulfonamides is 1. The fourth-order valence-corrected chi connectivity index (χ4v) is 3.47. The van der Waals surface area contributed by atoms with Gasteiger partial charge in [0.25, 0.3) is 10.0 Å². The molecule has 0 atom stereocenters. The normalized spacial score (nSPS) is 11.5. The number of hydrogen-bond acceptors (Lipinski definition) is 5. The summed E-state index contributed by atoms with van der Waals surface area (Å²) in [5.41, 5.74) is 6.44. The third-order valence-electron chi connectivity index (χ3n) is 2.52. The molecule has 1 aromatic heterocycles. The molecule has 0 aliphatic rings. The molecule has 0 unspecified atom stereocenters. The van der Waals surface area contributed by atoms with Gasteiger partial charge in [-0.15, -0.1) is 11.3 Å². The fourth-order valence-electron chi connectivity index (χ4n) is 1.57. The Morgan fingerprint density at radius 3 is 2.79 bits per heavy atom. The first kappa shape index (κ1) is 13.8. The zero-order valence-corrected chi connectivity index (χ0v) is 11.7. The second kappa shape index (κ2) is 5.14. The lowest BCUT2D eigenvalue weighted by atomic mass is 10.1. The van der Waals surface area contributed by atoms with E-state index in [4.69, 9.17) is 5.73 Å². The molecule has 0 radical (unpaired) electrons. The Labute approximate surface area is 114 Å². The van der Waals surface area contributed by atoms with Crippen LogP contribution in [-0.4, -0.2) is 13.4 Å². The average Bonchev–Trinajstić information content (AvgIpc) is 2.80. The lowest BCUT2D eigenvalue weighted by Gasteiger charge is -2.10. The zero-order valence-electron chi connectivity index (χ0n) is 10.1. The number of anilines is 2. The lowest BCUT2D eigenvalue weighted by Crippen LogP contribution is -2.15. The molecule has 19 heavy (non-hydrogen) atoms. The van der Waals surface area contributed by atoms with Crippen molar-refractivity contribution in [1.82, 2.24) is 4.98 Å². The summed E-state index contributed by atoms with van der Waals surface area (Å²) in [5.74, 6) is -0.876. The number of nitrogens with one attached hydrogen (secondary N) is 1. The Kier molecular flexibility index (Phi) is 3.72. The molecule has 0 fully saturated rings. The van der Waals surface area contributed by atoms with Crippen molar-refractivity contribution < 1.29 is 12.8 Å². The second-order valence-corrected chi connectivity index (χ2v) is 6.32. The molecule has 1 aromatic carbocycles. The van der Waals surface area contributed by atoms with Crippen LogP contribution in [0.25, 0.3) is 0 Å². The quantitative estimate of drug-likeness (QED) is 0.848. The third-order valence-corrected chi connectivity index (χ3v) is 4.69. The number of nitrogens with zero attached hydrogens (tertiary/aromatic N) is 1. The van der Waals surface area contributed by atoms with Gasteiger partial charge in [0, 0.05) is 17.3 Å². The van der Waals surface area contributed by atoms with Gasteiger partial charge in [-0.05, 0) is 24.1 Å². The largest absolute Gasteiger partial charge is 0.398 e. The smallest absolute Gasteiger partial charge is 0.266 e. The van der Waals surface area contributed by atoms with E-state index in [2.05, 4.69) is 9.71 Å². The number of hydrogen-bond donors (Lipinski definition) is 2. The topological polar surface area (TPSA) is 85.1 Å². The predicted octanol–water partition coefficient (Wildman–Crippen LogP) is 2.23. The number of rotatable bonds is 4. The van der Waals surface area contributed by atoms with Gasteiger partial charge in [0.15, 0.2) is 5.13 Å². The van der Waals surface area contributed by atoms with Gasteiger partial charge >= 0.3 is 0 Å². The van der Waals surface area contributed by atoms with Crippen LogP contribution < -0.4 is 10.5 Å². The summed E-state index contributed by atoms with van der Waals surface area (Å²) in [7, 11) is -4.00. The highest BCUT2D eigenvalue weighted by Gasteiger charge is 2.21. The van der Waals surface area contributed by atoms with Crippen LogP contribution in [0.15, 0.2) is 28.6 Å². The van der Waals surface area contributed by atoms with E-state index in [0.29, 0.717) is 12.0 Å². The van der Waals surface area contributed by atoms with Crippen molar-refractivity contribution in [3.63, 3.8) is 0 Å². The number of benzene rings is 1. The summed E-state index contributed by atoms with van der Waals surface area (Å²) >= 11 is 1.11. The van der Waals surface area contributed by atoms with Crippen molar-refractivity contribution in [2.75, 3.05) is 10.5 Å². The average molecular weight is 301 g/mol. The van der Waals surface area contributed by atoms with Crippen LogP contribution >= 0.6 is 11.3 Å². The van der Waals surface area contributed by atoms with Crippen molar-refractivity contribution in [2.24, 2.45) is 0 Å². The van der Waals surface area contributed by atoms with E-state index < -0.39 is 20.7 Å². The molecule has 0 saturated heterocycles. The van der Waals surface area contributed by atoms with E-state index in [1.165, 1.54) is 12.3 Å². The van der Waals surface area contributed by atoms with Crippen LogP contribution in [0.3, 0.4) is 0 Å². The first-order chi connectivity index (χ1) is 8.94. The SMILES string of the molecule is CCc1cc(S(=O)(=O)Nc2nccs2)c(F)cc1N.